The Bertz CT molecular complexity index is 4320. The fourth-order valence-electron chi connectivity index (χ4n) is 12.4. The normalized spacial score (nSPS) is 16.3. The number of likely N-dealkylation sites (N-methyl/N-ethyl adjacent to an activating group) is 2. The van der Waals surface area contributed by atoms with Gasteiger partial charge < -0.3 is 46.6 Å². The molecular weight excluding hydrogens is 1270 g/mol. The summed E-state index contributed by atoms with van der Waals surface area (Å²) >= 11 is 28.9. The molecule has 0 spiro atoms. The van der Waals surface area contributed by atoms with Crippen LogP contribution < -0.4 is 41.7 Å². The van der Waals surface area contributed by atoms with E-state index in [4.69, 9.17) is 74.8 Å². The Morgan fingerprint density at radius 3 is 1.53 bits per heavy atom. The van der Waals surface area contributed by atoms with Crippen LogP contribution >= 0.6 is 59.9 Å². The smallest absolute Gasteiger partial charge is 0.227 e. The molecule has 14 rings (SSSR count). The summed E-state index contributed by atoms with van der Waals surface area (Å²) in [6.07, 6.45) is 16.5. The van der Waals surface area contributed by atoms with Crippen LogP contribution in [-0.2, 0) is 25.7 Å². The third-order valence-electron chi connectivity index (χ3n) is 17.2. The highest BCUT2D eigenvalue weighted by Gasteiger charge is 2.30. The maximum Gasteiger partial charge on any atom is 0.227 e. The van der Waals surface area contributed by atoms with Crippen molar-refractivity contribution in [3.05, 3.63) is 165 Å². The van der Waals surface area contributed by atoms with Crippen LogP contribution in [-0.4, -0.2) is 135 Å². The number of benzene rings is 3. The van der Waals surface area contributed by atoms with E-state index in [1.54, 1.807) is 0 Å². The number of pyridine rings is 3. The van der Waals surface area contributed by atoms with E-state index in [0.29, 0.717) is 59.2 Å². The van der Waals surface area contributed by atoms with Crippen molar-refractivity contribution >= 4 is 138 Å². The largest absolute Gasteiger partial charge is 0.367 e. The molecule has 6 aromatic heterocycles. The molecule has 0 unspecified atom stereocenters. The average Bonchev–Trinajstić information content (AvgIpc) is 1.53. The maximum absolute atomic E-state index is 6.23. The number of aromatic nitrogens is 9. The molecule has 5 aliphatic heterocycles. The predicted molar refractivity (Wildman–Crippen MR) is 396 cm³/mol. The van der Waals surface area contributed by atoms with E-state index < -0.39 is 0 Å². The molecule has 0 saturated carbocycles. The molecule has 24 heteroatoms. The molecular formula is C70H75Cl2N19S3. The number of thiocarbonyl (C=S) groups is 3. The SMILES string of the molecule is CCN1[C@H](C)CN(c2cnc(C)c(Nc3ncc4c(n3)-c3ccc(Cl)cc3NC(=S)C4)c2)C[C@@H]1C.Cc1ccc2c(c1)NC(=S)Cc1cnc(Nc3cc(CCN(C)C)cnc3C)nc1-2.S=C1Cc2cnc(Nc3ccc(N4CCCC4)nc3)nc2-c2ccc(Cl)cc2N1. The van der Waals surface area contributed by atoms with Crippen molar-refractivity contribution in [3.8, 4) is 33.8 Å². The minimum Gasteiger partial charge on any atom is -0.367 e. The van der Waals surface area contributed by atoms with Crippen molar-refractivity contribution in [1.82, 2.24) is 54.7 Å². The molecule has 2 fully saturated rings. The zero-order valence-electron chi connectivity index (χ0n) is 53.9. The van der Waals surface area contributed by atoms with Gasteiger partial charge in [0.05, 0.1) is 78.6 Å². The number of nitrogens with zero attached hydrogens (tertiary/aromatic N) is 13. The molecule has 6 N–H and O–H groups in total. The first-order chi connectivity index (χ1) is 45.4. The first-order valence-corrected chi connectivity index (χ1v) is 33.6. The van der Waals surface area contributed by atoms with Crippen LogP contribution in [0.1, 0.15) is 72.8 Å². The Kier molecular flexibility index (Phi) is 20.2. The Labute approximate surface area is 575 Å². The van der Waals surface area contributed by atoms with Crippen molar-refractivity contribution in [2.24, 2.45) is 0 Å². The van der Waals surface area contributed by atoms with Gasteiger partial charge in [-0.3, -0.25) is 14.9 Å². The minimum absolute atomic E-state index is 0.489. The number of hydrogen-bond acceptors (Lipinski definition) is 19. The summed E-state index contributed by atoms with van der Waals surface area (Å²) in [7, 11) is 4.15. The summed E-state index contributed by atoms with van der Waals surface area (Å²) in [5.41, 5.74) is 19.2. The lowest BCUT2D eigenvalue weighted by molar-refractivity contribution is 0.140. The van der Waals surface area contributed by atoms with Gasteiger partial charge in [-0.05, 0) is 152 Å². The highest BCUT2D eigenvalue weighted by molar-refractivity contribution is 7.81. The Hall–Kier alpha value is -8.48. The van der Waals surface area contributed by atoms with Crippen LogP contribution in [0.2, 0.25) is 10.0 Å². The van der Waals surface area contributed by atoms with Gasteiger partial charge in [0.25, 0.3) is 0 Å². The zero-order chi connectivity index (χ0) is 65.7. The van der Waals surface area contributed by atoms with Gasteiger partial charge in [0, 0.05) is 149 Å². The molecule has 9 aromatic rings. The Morgan fingerprint density at radius 1 is 0.543 bits per heavy atom. The minimum atomic E-state index is 0.489. The average molecular weight is 1350 g/mol. The number of rotatable bonds is 12. The van der Waals surface area contributed by atoms with Crippen molar-refractivity contribution < 1.29 is 0 Å². The number of piperazine rings is 1. The number of fused-ring (bicyclic) bond motifs is 9. The lowest BCUT2D eigenvalue weighted by Gasteiger charge is -2.45. The summed E-state index contributed by atoms with van der Waals surface area (Å²) in [5.74, 6) is 2.62. The first kappa shape index (κ1) is 65.6. The second kappa shape index (κ2) is 29.0. The van der Waals surface area contributed by atoms with Crippen LogP contribution in [0.5, 0.6) is 0 Å². The zero-order valence-corrected chi connectivity index (χ0v) is 57.9. The number of hydrogen-bond donors (Lipinski definition) is 6. The van der Waals surface area contributed by atoms with Crippen molar-refractivity contribution in [2.75, 3.05) is 95.1 Å². The lowest BCUT2D eigenvalue weighted by atomic mass is 10.0. The molecule has 94 heavy (non-hydrogen) atoms. The van der Waals surface area contributed by atoms with E-state index in [1.807, 2.05) is 99.6 Å². The molecule has 19 nitrogen and oxygen atoms in total. The van der Waals surface area contributed by atoms with Gasteiger partial charge in [-0.2, -0.15) is 0 Å². The second-order valence-corrected chi connectivity index (χ2v) is 26.9. The molecule has 3 aromatic carbocycles. The molecule has 0 bridgehead atoms. The standard InChI is InChI=1S/C26H30ClN7S.C23H26N6S.C21H19ClN6S/c1-5-34-15(2)13-33(14-16(34)3)20-10-22(17(4)28-12-20)31-26-29-11-18-8-24(35)30-23-9-19(27)6-7-21(23)25(18)32-26;1-14-5-6-18-20(9-14)26-21(30)11-17-13-25-23(28-22(17)18)27-19-10-16(7-8-29(3)4)12-24-15(19)2;22-14-3-5-16-17(10-14)26-19(29)9-13-11-24-21(27-20(13)16)25-15-4-6-18(23-12-15)28-7-1-2-8-28/h6-7,9-12,15-16H,5,8,13-14H2,1-4H3,(H,30,35)(H,29,31,32);5-6,9-10,12-13H,7-8,11H2,1-4H3,(H,26,30)(H,25,27,28);3-6,10-12H,1-2,7-9H2,(H,26,29)(H,24,25,27)/t15-,16+;;. The quantitative estimate of drug-likeness (QED) is 0.0630. The van der Waals surface area contributed by atoms with Crippen LogP contribution in [0.3, 0.4) is 0 Å². The Morgan fingerprint density at radius 2 is 1.03 bits per heavy atom. The van der Waals surface area contributed by atoms with E-state index in [9.17, 15) is 0 Å². The first-order valence-electron chi connectivity index (χ1n) is 31.6. The third kappa shape index (κ3) is 15.5. The molecule has 2 atom stereocenters. The molecule has 5 aliphatic rings. The monoisotopic (exact) mass is 1350 g/mol. The van der Waals surface area contributed by atoms with Crippen LogP contribution in [0.25, 0.3) is 33.8 Å². The van der Waals surface area contributed by atoms with Gasteiger partial charge in [-0.1, -0.05) is 78.9 Å². The summed E-state index contributed by atoms with van der Waals surface area (Å²) in [5, 5.41) is 21.2. The van der Waals surface area contributed by atoms with Gasteiger partial charge in [-0.25, -0.2) is 34.9 Å². The van der Waals surface area contributed by atoms with Crippen LogP contribution in [0.15, 0.2) is 116 Å². The lowest BCUT2D eigenvalue weighted by Crippen LogP contribution is -2.56. The predicted octanol–water partition coefficient (Wildman–Crippen LogP) is 14.6. The fourth-order valence-corrected chi connectivity index (χ4v) is 13.5. The highest BCUT2D eigenvalue weighted by atomic mass is 35.5. The molecule has 11 heterocycles. The summed E-state index contributed by atoms with van der Waals surface area (Å²) in [6.45, 7) is 19.0. The highest BCUT2D eigenvalue weighted by Crippen LogP contribution is 2.39. The second-order valence-electron chi connectivity index (χ2n) is 24.6. The molecule has 0 radical (unpaired) electrons. The van der Waals surface area contributed by atoms with Crippen LogP contribution in [0, 0.1) is 20.8 Å². The molecule has 2 saturated heterocycles. The maximum atomic E-state index is 6.23. The van der Waals surface area contributed by atoms with Gasteiger partial charge >= 0.3 is 0 Å². The number of anilines is 11. The van der Waals surface area contributed by atoms with E-state index in [0.717, 1.165) is 168 Å². The fraction of sp³-hybridized carbons (Fsp3) is 0.314. The molecule has 0 aliphatic carbocycles. The van der Waals surface area contributed by atoms with Gasteiger partial charge in [-0.15, -0.1) is 0 Å². The van der Waals surface area contributed by atoms with Crippen molar-refractivity contribution in [1.29, 1.82) is 0 Å². The van der Waals surface area contributed by atoms with E-state index in [2.05, 4.69) is 154 Å². The number of halogens is 2. The van der Waals surface area contributed by atoms with Crippen molar-refractivity contribution in [2.45, 2.75) is 92.2 Å². The summed E-state index contributed by atoms with van der Waals surface area (Å²) < 4.78 is 0. The third-order valence-corrected chi connectivity index (χ3v) is 18.4. The van der Waals surface area contributed by atoms with E-state index in [1.165, 1.54) is 24.0 Å². The number of aryl methyl sites for hydroxylation is 3. The van der Waals surface area contributed by atoms with Gasteiger partial charge in [0.2, 0.25) is 17.8 Å². The summed E-state index contributed by atoms with van der Waals surface area (Å²) in [6, 6.07) is 27.0. The van der Waals surface area contributed by atoms with Crippen LogP contribution in [0.4, 0.5) is 63.5 Å². The van der Waals surface area contributed by atoms with E-state index >= 15 is 0 Å². The van der Waals surface area contributed by atoms with Gasteiger partial charge in [0.1, 0.15) is 5.82 Å². The van der Waals surface area contributed by atoms with E-state index in [-0.39, 0.29) is 0 Å². The number of nitrogens with one attached hydrogen (secondary N) is 6. The van der Waals surface area contributed by atoms with Gasteiger partial charge in [0.15, 0.2) is 0 Å². The molecule has 482 valence electrons. The van der Waals surface area contributed by atoms with Crippen molar-refractivity contribution in [3.63, 3.8) is 0 Å². The summed E-state index contributed by atoms with van der Waals surface area (Å²) in [4.78, 5) is 53.6. The molecule has 0 amide bonds. The topological polar surface area (TPSA) is 201 Å². The Balaban J connectivity index is 0.000000136.